The summed E-state index contributed by atoms with van der Waals surface area (Å²) < 4.78 is 0. The van der Waals surface area contributed by atoms with Gasteiger partial charge in [0.15, 0.2) is 0 Å². The molecule has 1 saturated heterocycles. The molecule has 2 amide bonds. The molecule has 1 fully saturated rings. The Morgan fingerprint density at radius 3 is 2.67 bits per heavy atom. The number of amides is 2. The van der Waals surface area contributed by atoms with E-state index in [1.54, 1.807) is 7.05 Å². The Hall–Kier alpha value is -1.10. The number of carbonyl (C=O) groups excluding carboxylic acids is 2. The number of nitrogens with one attached hydrogen (secondary N) is 2. The van der Waals surface area contributed by atoms with Crippen LogP contribution in [0.3, 0.4) is 0 Å². The van der Waals surface area contributed by atoms with Crippen LogP contribution in [0.15, 0.2) is 0 Å². The van der Waals surface area contributed by atoms with Crippen molar-refractivity contribution in [2.45, 2.75) is 51.1 Å². The molecule has 2 N–H and O–H groups in total. The highest BCUT2D eigenvalue weighted by molar-refractivity contribution is 5.89. The fraction of sp³-hybridized carbons (Fsp3) is 0.846. The Kier molecular flexibility index (Phi) is 6.12. The maximum absolute atomic E-state index is 12.2. The predicted molar refractivity (Wildman–Crippen MR) is 71.2 cm³/mol. The highest BCUT2D eigenvalue weighted by atomic mass is 16.2. The van der Waals surface area contributed by atoms with E-state index in [4.69, 9.17) is 0 Å². The summed E-state index contributed by atoms with van der Waals surface area (Å²) in [6, 6.07) is -0.481. The lowest BCUT2D eigenvalue weighted by molar-refractivity contribution is -0.132. The third kappa shape index (κ3) is 3.98. The van der Waals surface area contributed by atoms with Gasteiger partial charge in [-0.15, -0.1) is 0 Å². The highest BCUT2D eigenvalue weighted by Crippen LogP contribution is 2.15. The van der Waals surface area contributed by atoms with E-state index in [0.717, 1.165) is 32.2 Å². The second-order valence-electron chi connectivity index (χ2n) is 4.96. The van der Waals surface area contributed by atoms with Crippen LogP contribution < -0.4 is 10.6 Å². The van der Waals surface area contributed by atoms with Crippen molar-refractivity contribution in [2.24, 2.45) is 0 Å². The lowest BCUT2D eigenvalue weighted by Crippen LogP contribution is -2.53. The van der Waals surface area contributed by atoms with Crippen molar-refractivity contribution in [1.29, 1.82) is 0 Å². The number of likely N-dealkylation sites (tertiary alicyclic amines) is 1. The van der Waals surface area contributed by atoms with Gasteiger partial charge in [-0.25, -0.2) is 0 Å². The monoisotopic (exact) mass is 255 g/mol. The Labute approximate surface area is 109 Å². The molecule has 1 heterocycles. The average molecular weight is 255 g/mol. The van der Waals surface area contributed by atoms with Gasteiger partial charge in [0.25, 0.3) is 0 Å². The van der Waals surface area contributed by atoms with E-state index in [1.807, 2.05) is 14.0 Å². The number of nitrogens with zero attached hydrogens (tertiary/aromatic N) is 1. The molecule has 1 rings (SSSR count). The van der Waals surface area contributed by atoms with E-state index < -0.39 is 6.04 Å². The second kappa shape index (κ2) is 7.36. The fourth-order valence-corrected chi connectivity index (χ4v) is 2.41. The van der Waals surface area contributed by atoms with Gasteiger partial charge in [-0.3, -0.25) is 14.5 Å². The molecule has 104 valence electrons. The first kappa shape index (κ1) is 15.0. The SMILES string of the molecule is CCC[C@H](NC(=O)[C@H]1CCCCN1C)C(=O)NC. The summed E-state index contributed by atoms with van der Waals surface area (Å²) in [5.74, 6) is -0.122. The zero-order chi connectivity index (χ0) is 13.5. The molecule has 0 bridgehead atoms. The molecular formula is C13H25N3O2. The topological polar surface area (TPSA) is 61.4 Å². The lowest BCUT2D eigenvalue weighted by Gasteiger charge is -2.32. The Balaban J connectivity index is 2.56. The molecule has 5 heteroatoms. The third-order valence-corrected chi connectivity index (χ3v) is 3.53. The molecule has 0 spiro atoms. The smallest absolute Gasteiger partial charge is 0.242 e. The van der Waals surface area contributed by atoms with Crippen molar-refractivity contribution in [3.63, 3.8) is 0 Å². The summed E-state index contributed by atoms with van der Waals surface area (Å²) in [5.41, 5.74) is 0. The third-order valence-electron chi connectivity index (χ3n) is 3.53. The van der Waals surface area contributed by atoms with Crippen molar-refractivity contribution in [3.05, 3.63) is 0 Å². The molecule has 0 saturated carbocycles. The molecule has 1 aliphatic rings. The van der Waals surface area contributed by atoms with E-state index in [2.05, 4.69) is 15.5 Å². The number of piperidine rings is 1. The van der Waals surface area contributed by atoms with Crippen LogP contribution in [0, 0.1) is 0 Å². The van der Waals surface area contributed by atoms with Crippen molar-refractivity contribution in [1.82, 2.24) is 15.5 Å². The van der Waals surface area contributed by atoms with Crippen LogP contribution in [0.5, 0.6) is 0 Å². The van der Waals surface area contributed by atoms with Gasteiger partial charge in [0.2, 0.25) is 11.8 Å². The number of carbonyl (C=O) groups is 2. The molecule has 1 aliphatic heterocycles. The van der Waals surface area contributed by atoms with Crippen LogP contribution in [-0.2, 0) is 9.59 Å². The number of likely N-dealkylation sites (N-methyl/N-ethyl adjacent to an activating group) is 2. The zero-order valence-corrected chi connectivity index (χ0v) is 11.7. The van der Waals surface area contributed by atoms with Gasteiger partial charge in [0, 0.05) is 7.05 Å². The van der Waals surface area contributed by atoms with E-state index in [1.165, 1.54) is 0 Å². The first-order valence-electron chi connectivity index (χ1n) is 6.82. The minimum Gasteiger partial charge on any atom is -0.357 e. The average Bonchev–Trinajstić information content (AvgIpc) is 2.37. The summed E-state index contributed by atoms with van der Waals surface area (Å²) in [6.45, 7) is 2.96. The van der Waals surface area contributed by atoms with Crippen molar-refractivity contribution < 1.29 is 9.59 Å². The van der Waals surface area contributed by atoms with Crippen LogP contribution >= 0.6 is 0 Å². The largest absolute Gasteiger partial charge is 0.357 e. The van der Waals surface area contributed by atoms with Gasteiger partial charge in [-0.05, 0) is 32.9 Å². The highest BCUT2D eigenvalue weighted by Gasteiger charge is 2.28. The Bertz CT molecular complexity index is 294. The van der Waals surface area contributed by atoms with Crippen molar-refractivity contribution >= 4 is 11.8 Å². The minimum absolute atomic E-state index is 0.0146. The normalized spacial score (nSPS) is 22.3. The fourth-order valence-electron chi connectivity index (χ4n) is 2.41. The summed E-state index contributed by atoms with van der Waals surface area (Å²) in [4.78, 5) is 25.9. The van der Waals surface area contributed by atoms with Gasteiger partial charge >= 0.3 is 0 Å². The lowest BCUT2D eigenvalue weighted by atomic mass is 10.0. The van der Waals surface area contributed by atoms with Crippen LogP contribution in [0.25, 0.3) is 0 Å². The quantitative estimate of drug-likeness (QED) is 0.752. The molecule has 0 aromatic heterocycles. The molecule has 18 heavy (non-hydrogen) atoms. The van der Waals surface area contributed by atoms with Crippen LogP contribution in [-0.4, -0.2) is 49.4 Å². The predicted octanol–water partition coefficient (Wildman–Crippen LogP) is 0.502. The molecule has 0 radical (unpaired) electrons. The maximum Gasteiger partial charge on any atom is 0.242 e. The molecular weight excluding hydrogens is 230 g/mol. The summed E-state index contributed by atoms with van der Waals surface area (Å²) in [6.07, 6.45) is 4.67. The second-order valence-corrected chi connectivity index (χ2v) is 4.96. The first-order chi connectivity index (χ1) is 8.60. The van der Waals surface area contributed by atoms with Gasteiger partial charge in [0.05, 0.1) is 6.04 Å². The maximum atomic E-state index is 12.2. The number of rotatable bonds is 5. The minimum atomic E-state index is -0.400. The van der Waals surface area contributed by atoms with Crippen LogP contribution in [0.4, 0.5) is 0 Å². The van der Waals surface area contributed by atoms with Gasteiger partial charge in [-0.1, -0.05) is 19.8 Å². The molecule has 0 unspecified atom stereocenters. The van der Waals surface area contributed by atoms with Crippen LogP contribution in [0.2, 0.25) is 0 Å². The zero-order valence-electron chi connectivity index (χ0n) is 11.7. The van der Waals surface area contributed by atoms with E-state index in [-0.39, 0.29) is 17.9 Å². The van der Waals surface area contributed by atoms with Crippen molar-refractivity contribution in [3.8, 4) is 0 Å². The molecule has 0 aliphatic carbocycles. The van der Waals surface area contributed by atoms with Crippen molar-refractivity contribution in [2.75, 3.05) is 20.6 Å². The van der Waals surface area contributed by atoms with Crippen LogP contribution in [0.1, 0.15) is 39.0 Å². The summed E-state index contributed by atoms with van der Waals surface area (Å²) >= 11 is 0. The van der Waals surface area contributed by atoms with E-state index >= 15 is 0 Å². The molecule has 2 atom stereocenters. The standard InChI is InChI=1S/C13H25N3O2/c1-4-7-10(12(17)14-2)15-13(18)11-8-5-6-9-16(11)3/h10-11H,4-9H2,1-3H3,(H,14,17)(H,15,18)/t10-,11+/m0/s1. The summed E-state index contributed by atoms with van der Waals surface area (Å²) in [5, 5.41) is 5.48. The van der Waals surface area contributed by atoms with Gasteiger partial charge < -0.3 is 10.6 Å². The van der Waals surface area contributed by atoms with Gasteiger partial charge in [0.1, 0.15) is 6.04 Å². The van der Waals surface area contributed by atoms with E-state index in [9.17, 15) is 9.59 Å². The molecule has 5 nitrogen and oxygen atoms in total. The first-order valence-corrected chi connectivity index (χ1v) is 6.82. The number of hydrogen-bond donors (Lipinski definition) is 2. The Morgan fingerprint density at radius 2 is 2.11 bits per heavy atom. The number of hydrogen-bond acceptors (Lipinski definition) is 3. The summed E-state index contributed by atoms with van der Waals surface area (Å²) in [7, 11) is 3.57. The Morgan fingerprint density at radius 1 is 1.39 bits per heavy atom. The molecule has 0 aromatic carbocycles. The molecule has 0 aromatic rings. The van der Waals surface area contributed by atoms with Gasteiger partial charge in [-0.2, -0.15) is 0 Å². The van der Waals surface area contributed by atoms with E-state index in [0.29, 0.717) is 6.42 Å².